The Bertz CT molecular complexity index is 692. The molecule has 0 fully saturated rings. The van der Waals surface area contributed by atoms with Gasteiger partial charge in [-0.1, -0.05) is 12.1 Å². The Morgan fingerprint density at radius 3 is 2.57 bits per heavy atom. The van der Waals surface area contributed by atoms with Gasteiger partial charge in [-0.25, -0.2) is 0 Å². The summed E-state index contributed by atoms with van der Waals surface area (Å²) in [7, 11) is 1.56. The van der Waals surface area contributed by atoms with Crippen LogP contribution in [-0.4, -0.2) is 12.9 Å². The molecule has 0 spiro atoms. The molecule has 0 aromatic heterocycles. The molecule has 0 bridgehead atoms. The van der Waals surface area contributed by atoms with Gasteiger partial charge in [0.05, 0.1) is 12.7 Å². The summed E-state index contributed by atoms with van der Waals surface area (Å²) in [5, 5.41) is 0. The quantitative estimate of drug-likeness (QED) is 0.693. The first kappa shape index (κ1) is 13.7. The molecule has 3 heteroatoms. The number of fused-ring (bicyclic) bond motifs is 1. The number of rotatable bonds is 3. The topological polar surface area (TPSA) is 52.3 Å². The summed E-state index contributed by atoms with van der Waals surface area (Å²) in [5.41, 5.74) is 10.3. The van der Waals surface area contributed by atoms with Crippen LogP contribution < -0.4 is 10.5 Å². The molecule has 0 heterocycles. The number of aryl methyl sites for hydroxylation is 2. The lowest BCUT2D eigenvalue weighted by Gasteiger charge is -2.16. The van der Waals surface area contributed by atoms with E-state index in [1.54, 1.807) is 25.3 Å². The lowest BCUT2D eigenvalue weighted by Crippen LogP contribution is -2.08. The molecule has 1 aliphatic carbocycles. The molecule has 3 nitrogen and oxygen atoms in total. The fourth-order valence-corrected chi connectivity index (χ4v) is 2.93. The maximum absolute atomic E-state index is 12.7. The molecule has 0 amide bonds. The van der Waals surface area contributed by atoms with Crippen LogP contribution in [0.3, 0.4) is 0 Å². The highest BCUT2D eigenvalue weighted by Crippen LogP contribution is 2.27. The number of ether oxygens (including phenoxy) is 1. The summed E-state index contributed by atoms with van der Waals surface area (Å²) in [6.07, 6.45) is 4.62. The number of benzene rings is 2. The second-order valence-electron chi connectivity index (χ2n) is 5.48. The smallest absolute Gasteiger partial charge is 0.196 e. The van der Waals surface area contributed by atoms with Gasteiger partial charge in [0.25, 0.3) is 0 Å². The maximum Gasteiger partial charge on any atom is 0.196 e. The standard InChI is InChI=1S/C18H19NO2/c1-21-17-9-8-15(19)11-16(17)18(20)14-7-6-12-4-2-3-5-13(12)10-14/h6-11H,2-5,19H2,1H3. The van der Waals surface area contributed by atoms with Gasteiger partial charge in [-0.15, -0.1) is 0 Å². The van der Waals surface area contributed by atoms with Crippen molar-refractivity contribution in [3.63, 3.8) is 0 Å². The van der Waals surface area contributed by atoms with Crippen molar-refractivity contribution in [2.45, 2.75) is 25.7 Å². The maximum atomic E-state index is 12.7. The van der Waals surface area contributed by atoms with E-state index in [4.69, 9.17) is 10.5 Å². The van der Waals surface area contributed by atoms with E-state index in [1.165, 1.54) is 24.0 Å². The average molecular weight is 281 g/mol. The van der Waals surface area contributed by atoms with Crippen LogP contribution in [0.4, 0.5) is 5.69 Å². The van der Waals surface area contributed by atoms with E-state index in [1.807, 2.05) is 12.1 Å². The normalized spacial score (nSPS) is 13.6. The molecule has 0 aliphatic heterocycles. The van der Waals surface area contributed by atoms with E-state index in [2.05, 4.69) is 6.07 Å². The minimum absolute atomic E-state index is 0.0347. The predicted octanol–water partition coefficient (Wildman–Crippen LogP) is 3.39. The van der Waals surface area contributed by atoms with Crippen LogP contribution in [0.5, 0.6) is 5.75 Å². The Hall–Kier alpha value is -2.29. The third-order valence-electron chi connectivity index (χ3n) is 4.08. The predicted molar refractivity (Wildman–Crippen MR) is 83.9 cm³/mol. The zero-order chi connectivity index (χ0) is 14.8. The third-order valence-corrected chi connectivity index (χ3v) is 4.08. The molecule has 0 atom stereocenters. The molecular formula is C18H19NO2. The molecule has 0 saturated carbocycles. The molecule has 21 heavy (non-hydrogen) atoms. The van der Waals surface area contributed by atoms with Crippen LogP contribution in [0, 0.1) is 0 Å². The number of methoxy groups -OCH3 is 1. The number of carbonyl (C=O) groups excluding carboxylic acids is 1. The number of anilines is 1. The molecule has 0 unspecified atom stereocenters. The van der Waals surface area contributed by atoms with Gasteiger partial charge >= 0.3 is 0 Å². The van der Waals surface area contributed by atoms with Crippen molar-refractivity contribution in [3.05, 3.63) is 58.7 Å². The number of carbonyl (C=O) groups is 1. The lowest BCUT2D eigenvalue weighted by atomic mass is 9.89. The van der Waals surface area contributed by atoms with Crippen LogP contribution in [0.25, 0.3) is 0 Å². The molecule has 2 aromatic rings. The number of hydrogen-bond acceptors (Lipinski definition) is 3. The summed E-state index contributed by atoms with van der Waals surface area (Å²) in [6.45, 7) is 0. The molecule has 2 N–H and O–H groups in total. The highest BCUT2D eigenvalue weighted by molar-refractivity contribution is 6.11. The summed E-state index contributed by atoms with van der Waals surface area (Å²) in [6, 6.07) is 11.2. The van der Waals surface area contributed by atoms with E-state index in [9.17, 15) is 4.79 Å². The molecule has 108 valence electrons. The summed E-state index contributed by atoms with van der Waals surface area (Å²) in [5.74, 6) is 0.527. The minimum atomic E-state index is -0.0347. The van der Waals surface area contributed by atoms with Gasteiger partial charge in [-0.3, -0.25) is 4.79 Å². The molecule has 0 saturated heterocycles. The minimum Gasteiger partial charge on any atom is -0.496 e. The lowest BCUT2D eigenvalue weighted by molar-refractivity contribution is 0.103. The first-order chi connectivity index (χ1) is 10.2. The highest BCUT2D eigenvalue weighted by atomic mass is 16.5. The van der Waals surface area contributed by atoms with Gasteiger partial charge in [0.1, 0.15) is 5.75 Å². The number of nitrogen functional groups attached to an aromatic ring is 1. The summed E-state index contributed by atoms with van der Waals surface area (Å²) in [4.78, 5) is 12.7. The van der Waals surface area contributed by atoms with Gasteiger partial charge in [0.15, 0.2) is 5.78 Å². The van der Waals surface area contributed by atoms with E-state index >= 15 is 0 Å². The second-order valence-corrected chi connectivity index (χ2v) is 5.48. The Balaban J connectivity index is 2.00. The zero-order valence-corrected chi connectivity index (χ0v) is 12.2. The van der Waals surface area contributed by atoms with Crippen molar-refractivity contribution in [2.75, 3.05) is 12.8 Å². The summed E-state index contributed by atoms with van der Waals surface area (Å²) >= 11 is 0. The number of nitrogens with two attached hydrogens (primary N) is 1. The van der Waals surface area contributed by atoms with Crippen LogP contribution >= 0.6 is 0 Å². The first-order valence-corrected chi connectivity index (χ1v) is 7.29. The summed E-state index contributed by atoms with van der Waals surface area (Å²) < 4.78 is 5.28. The number of ketones is 1. The Labute approximate surface area is 124 Å². The largest absolute Gasteiger partial charge is 0.496 e. The van der Waals surface area contributed by atoms with Gasteiger partial charge in [-0.2, -0.15) is 0 Å². The van der Waals surface area contributed by atoms with Crippen LogP contribution in [0.2, 0.25) is 0 Å². The Morgan fingerprint density at radius 2 is 1.81 bits per heavy atom. The van der Waals surface area contributed by atoms with Crippen molar-refractivity contribution in [1.29, 1.82) is 0 Å². The van der Waals surface area contributed by atoms with Crippen molar-refractivity contribution in [3.8, 4) is 5.75 Å². The fourth-order valence-electron chi connectivity index (χ4n) is 2.93. The monoisotopic (exact) mass is 281 g/mol. The van der Waals surface area contributed by atoms with Crippen molar-refractivity contribution in [2.24, 2.45) is 0 Å². The SMILES string of the molecule is COc1ccc(N)cc1C(=O)c1ccc2c(c1)CCCC2. The molecular weight excluding hydrogens is 262 g/mol. The second kappa shape index (κ2) is 5.60. The van der Waals surface area contributed by atoms with E-state index in [0.717, 1.165) is 12.8 Å². The first-order valence-electron chi connectivity index (χ1n) is 7.29. The van der Waals surface area contributed by atoms with Crippen molar-refractivity contribution < 1.29 is 9.53 Å². The van der Waals surface area contributed by atoms with Gasteiger partial charge < -0.3 is 10.5 Å². The van der Waals surface area contributed by atoms with Crippen molar-refractivity contribution >= 4 is 11.5 Å². The zero-order valence-electron chi connectivity index (χ0n) is 12.2. The number of hydrogen-bond donors (Lipinski definition) is 1. The molecule has 0 radical (unpaired) electrons. The highest BCUT2D eigenvalue weighted by Gasteiger charge is 2.17. The van der Waals surface area contributed by atoms with E-state index < -0.39 is 0 Å². The Kier molecular flexibility index (Phi) is 3.65. The van der Waals surface area contributed by atoms with Gasteiger partial charge in [0.2, 0.25) is 0 Å². The van der Waals surface area contributed by atoms with E-state index in [-0.39, 0.29) is 5.78 Å². The van der Waals surface area contributed by atoms with E-state index in [0.29, 0.717) is 22.6 Å². The van der Waals surface area contributed by atoms with Gasteiger partial charge in [0, 0.05) is 11.3 Å². The third kappa shape index (κ3) is 2.64. The Morgan fingerprint density at radius 1 is 1.05 bits per heavy atom. The molecule has 3 rings (SSSR count). The average Bonchev–Trinajstić information content (AvgIpc) is 2.53. The van der Waals surface area contributed by atoms with Crippen molar-refractivity contribution in [1.82, 2.24) is 0 Å². The van der Waals surface area contributed by atoms with Gasteiger partial charge in [-0.05, 0) is 61.1 Å². The van der Waals surface area contributed by atoms with Crippen LogP contribution in [0.15, 0.2) is 36.4 Å². The molecule has 1 aliphatic rings. The van der Waals surface area contributed by atoms with Crippen LogP contribution in [-0.2, 0) is 12.8 Å². The van der Waals surface area contributed by atoms with Crippen LogP contribution in [0.1, 0.15) is 39.9 Å². The molecule has 2 aromatic carbocycles. The fraction of sp³-hybridized carbons (Fsp3) is 0.278.